The number of hydrogen-bond donors (Lipinski definition) is 1. The zero-order valence-corrected chi connectivity index (χ0v) is 21.2. The van der Waals surface area contributed by atoms with Crippen molar-refractivity contribution in [1.29, 1.82) is 0 Å². The lowest BCUT2D eigenvalue weighted by Crippen LogP contribution is -3.16. The molecule has 5 aromatic rings. The lowest BCUT2D eigenvalue weighted by atomic mass is 10.2. The molecule has 9 heteroatoms. The summed E-state index contributed by atoms with van der Waals surface area (Å²) in [6.45, 7) is 3.43. The summed E-state index contributed by atoms with van der Waals surface area (Å²) in [4.78, 5) is 16.1. The number of quaternary nitrogens is 1. The van der Waals surface area contributed by atoms with E-state index in [-0.39, 0.29) is 0 Å². The van der Waals surface area contributed by atoms with Crippen molar-refractivity contribution >= 4 is 53.4 Å². The van der Waals surface area contributed by atoms with E-state index in [0.717, 1.165) is 68.7 Å². The van der Waals surface area contributed by atoms with Crippen molar-refractivity contribution in [3.05, 3.63) is 72.3 Å². The van der Waals surface area contributed by atoms with Crippen LogP contribution in [0.1, 0.15) is 5.56 Å². The van der Waals surface area contributed by atoms with Crippen molar-refractivity contribution in [2.24, 2.45) is 0 Å². The van der Waals surface area contributed by atoms with Crippen LogP contribution in [0.5, 0.6) is 11.5 Å². The number of benzene rings is 3. The number of ether oxygens (including phenoxy) is 2. The van der Waals surface area contributed by atoms with E-state index >= 15 is 0 Å². The molecule has 35 heavy (non-hydrogen) atoms. The van der Waals surface area contributed by atoms with Gasteiger partial charge in [0.05, 0.1) is 34.7 Å². The van der Waals surface area contributed by atoms with Crippen molar-refractivity contribution in [2.75, 3.05) is 44.0 Å². The average molecular weight is 505 g/mol. The number of anilines is 2. The SMILES string of the molecule is COc1ccc2nc(N3CN(c4nc5ccc(OC)cc5s4)C[NH+](Cc4ccccc4)C3)sc2c1. The lowest BCUT2D eigenvalue weighted by Gasteiger charge is -2.39. The highest BCUT2D eigenvalue weighted by Crippen LogP contribution is 2.34. The summed E-state index contributed by atoms with van der Waals surface area (Å²) >= 11 is 3.42. The number of fused-ring (bicyclic) bond motifs is 2. The Labute approximate surface area is 211 Å². The molecule has 7 nitrogen and oxygen atoms in total. The molecule has 3 heterocycles. The number of rotatable bonds is 6. The third kappa shape index (κ3) is 4.50. The highest BCUT2D eigenvalue weighted by molar-refractivity contribution is 7.22. The Hall–Kier alpha value is -3.40. The molecular formula is C26H26N5O2S2+. The van der Waals surface area contributed by atoms with Crippen molar-refractivity contribution < 1.29 is 14.4 Å². The topological polar surface area (TPSA) is 55.2 Å². The van der Waals surface area contributed by atoms with E-state index in [9.17, 15) is 0 Å². The quantitative estimate of drug-likeness (QED) is 0.374. The molecular weight excluding hydrogens is 478 g/mol. The molecule has 178 valence electrons. The minimum atomic E-state index is 0.742. The van der Waals surface area contributed by atoms with Crippen molar-refractivity contribution in [2.45, 2.75) is 6.54 Å². The van der Waals surface area contributed by atoms with Gasteiger partial charge in [-0.05, 0) is 36.4 Å². The molecule has 0 spiro atoms. The Morgan fingerprint density at radius 1 is 0.771 bits per heavy atom. The number of nitrogens with one attached hydrogen (secondary N) is 1. The van der Waals surface area contributed by atoms with E-state index in [1.165, 1.54) is 10.5 Å². The van der Waals surface area contributed by atoms with Crippen LogP contribution < -0.4 is 24.2 Å². The van der Waals surface area contributed by atoms with E-state index in [2.05, 4.69) is 52.3 Å². The van der Waals surface area contributed by atoms with E-state index in [4.69, 9.17) is 19.4 Å². The Bertz CT molecular complexity index is 1380. The minimum Gasteiger partial charge on any atom is -0.497 e. The second-order valence-electron chi connectivity index (χ2n) is 8.61. The maximum atomic E-state index is 5.42. The summed E-state index contributed by atoms with van der Waals surface area (Å²) in [5, 5.41) is 2.04. The first-order valence-electron chi connectivity index (χ1n) is 11.4. The zero-order valence-electron chi connectivity index (χ0n) is 19.6. The average Bonchev–Trinajstić information content (AvgIpc) is 3.52. The molecule has 0 unspecified atom stereocenters. The van der Waals surface area contributed by atoms with Gasteiger partial charge in [-0.3, -0.25) is 14.7 Å². The molecule has 2 aromatic heterocycles. The molecule has 0 radical (unpaired) electrons. The predicted molar refractivity (Wildman–Crippen MR) is 143 cm³/mol. The molecule has 0 saturated carbocycles. The summed E-state index contributed by atoms with van der Waals surface area (Å²) < 4.78 is 13.1. The Morgan fingerprint density at radius 3 is 1.83 bits per heavy atom. The summed E-state index contributed by atoms with van der Waals surface area (Å²) in [6.07, 6.45) is 0. The van der Waals surface area contributed by atoms with Gasteiger partial charge in [-0.2, -0.15) is 0 Å². The van der Waals surface area contributed by atoms with Gasteiger partial charge in [0.15, 0.2) is 23.6 Å². The second kappa shape index (κ2) is 9.33. The van der Waals surface area contributed by atoms with E-state index < -0.39 is 0 Å². The van der Waals surface area contributed by atoms with Crippen molar-refractivity contribution in [1.82, 2.24) is 9.97 Å². The first-order valence-corrected chi connectivity index (χ1v) is 13.1. The van der Waals surface area contributed by atoms with Crippen molar-refractivity contribution in [3.8, 4) is 11.5 Å². The number of nitrogens with zero attached hydrogens (tertiary/aromatic N) is 4. The smallest absolute Gasteiger partial charge is 0.192 e. The van der Waals surface area contributed by atoms with Crippen molar-refractivity contribution in [3.63, 3.8) is 0 Å². The van der Waals surface area contributed by atoms with Crippen LogP contribution in [0.3, 0.4) is 0 Å². The van der Waals surface area contributed by atoms with Gasteiger partial charge in [0.1, 0.15) is 24.7 Å². The maximum absolute atomic E-state index is 5.42. The van der Waals surface area contributed by atoms with Crippen LogP contribution in [0, 0.1) is 0 Å². The van der Waals surface area contributed by atoms with E-state index in [0.29, 0.717) is 0 Å². The van der Waals surface area contributed by atoms with Gasteiger partial charge in [0, 0.05) is 5.56 Å². The first kappa shape index (κ1) is 22.1. The van der Waals surface area contributed by atoms with Crippen LogP contribution in [-0.4, -0.2) is 44.2 Å². The number of hydrogen-bond acceptors (Lipinski definition) is 8. The molecule has 1 N–H and O–H groups in total. The molecule has 3 aromatic carbocycles. The fourth-order valence-electron chi connectivity index (χ4n) is 4.46. The number of methoxy groups -OCH3 is 2. The molecule has 0 atom stereocenters. The number of thiazole rings is 2. The maximum Gasteiger partial charge on any atom is 0.192 e. The summed E-state index contributed by atoms with van der Waals surface area (Å²) in [5.74, 6) is 1.71. The highest BCUT2D eigenvalue weighted by atomic mass is 32.1. The molecule has 1 aliphatic rings. The second-order valence-corrected chi connectivity index (χ2v) is 10.6. The Balaban J connectivity index is 1.34. The molecule has 0 aliphatic carbocycles. The van der Waals surface area contributed by atoms with Crippen LogP contribution in [-0.2, 0) is 6.54 Å². The lowest BCUT2D eigenvalue weighted by molar-refractivity contribution is -0.916. The van der Waals surface area contributed by atoms with Gasteiger partial charge < -0.3 is 9.47 Å². The van der Waals surface area contributed by atoms with Crippen LogP contribution in [0.25, 0.3) is 20.4 Å². The van der Waals surface area contributed by atoms with Gasteiger partial charge in [-0.15, -0.1) is 0 Å². The third-order valence-corrected chi connectivity index (χ3v) is 8.33. The van der Waals surface area contributed by atoms with Crippen LogP contribution in [0.15, 0.2) is 66.7 Å². The molecule has 1 aliphatic heterocycles. The number of aromatic nitrogens is 2. The highest BCUT2D eigenvalue weighted by Gasteiger charge is 2.30. The molecule has 1 saturated heterocycles. The summed E-state index contributed by atoms with van der Waals surface area (Å²) in [6, 6.07) is 22.8. The van der Waals surface area contributed by atoms with Gasteiger partial charge in [0.25, 0.3) is 0 Å². The van der Waals surface area contributed by atoms with Gasteiger partial charge in [0.2, 0.25) is 0 Å². The fraction of sp³-hybridized carbons (Fsp3) is 0.231. The van der Waals surface area contributed by atoms with Crippen LogP contribution in [0.4, 0.5) is 10.3 Å². The van der Waals surface area contributed by atoms with E-state index in [1.807, 2.05) is 24.3 Å². The molecule has 0 amide bonds. The zero-order chi connectivity index (χ0) is 23.8. The fourth-order valence-corrected chi connectivity index (χ4v) is 6.43. The monoisotopic (exact) mass is 504 g/mol. The normalized spacial score (nSPS) is 14.7. The van der Waals surface area contributed by atoms with Crippen LogP contribution >= 0.6 is 22.7 Å². The Kier molecular flexibility index (Phi) is 5.89. The van der Waals surface area contributed by atoms with Gasteiger partial charge in [-0.1, -0.05) is 53.0 Å². The Morgan fingerprint density at radius 2 is 1.31 bits per heavy atom. The first-order chi connectivity index (χ1) is 17.2. The van der Waals surface area contributed by atoms with Gasteiger partial charge >= 0.3 is 0 Å². The van der Waals surface area contributed by atoms with E-state index in [1.54, 1.807) is 36.9 Å². The summed E-state index contributed by atoms with van der Waals surface area (Å²) in [5.41, 5.74) is 3.33. The van der Waals surface area contributed by atoms with Crippen LogP contribution in [0.2, 0.25) is 0 Å². The minimum absolute atomic E-state index is 0.742. The largest absolute Gasteiger partial charge is 0.497 e. The molecule has 1 fully saturated rings. The molecule has 6 rings (SSSR count). The molecule has 0 bridgehead atoms. The third-order valence-electron chi connectivity index (χ3n) is 6.18. The standard InChI is InChI=1S/C26H25N5O2S2/c1-32-19-8-10-21-23(12-19)34-25(27-21)30-15-29(14-18-6-4-3-5-7-18)16-31(17-30)26-28-22-11-9-20(33-2)13-24(22)35-26/h3-13H,14-17H2,1-2H3/p+1. The predicted octanol–water partition coefficient (Wildman–Crippen LogP) is 4.21. The summed E-state index contributed by atoms with van der Waals surface area (Å²) in [7, 11) is 3.40. The van der Waals surface area contributed by atoms with Gasteiger partial charge in [-0.25, -0.2) is 9.97 Å².